The van der Waals surface area contributed by atoms with Crippen molar-refractivity contribution in [3.63, 3.8) is 0 Å². The molecule has 0 bridgehead atoms. The Morgan fingerprint density at radius 2 is 2.16 bits per heavy atom. The van der Waals surface area contributed by atoms with Gasteiger partial charge in [0, 0.05) is 35.2 Å². The van der Waals surface area contributed by atoms with Crippen LogP contribution in [0.2, 0.25) is 0 Å². The molecule has 25 heavy (non-hydrogen) atoms. The average Bonchev–Trinajstić information content (AvgIpc) is 2.94. The van der Waals surface area contributed by atoms with Crippen molar-refractivity contribution < 1.29 is 13.6 Å². The summed E-state index contributed by atoms with van der Waals surface area (Å²) in [4.78, 5) is 29.3. The maximum absolute atomic E-state index is 13.2. The van der Waals surface area contributed by atoms with Crippen molar-refractivity contribution in [2.75, 3.05) is 11.1 Å². The molecular formula is C17H17F2N3O2S. The highest BCUT2D eigenvalue weighted by Gasteiger charge is 2.29. The number of hydrogen-bond acceptors (Lipinski definition) is 4. The number of fused-ring (bicyclic) bond motifs is 1. The third kappa shape index (κ3) is 3.44. The van der Waals surface area contributed by atoms with Crippen LogP contribution in [0.15, 0.2) is 28.2 Å². The van der Waals surface area contributed by atoms with E-state index in [1.165, 1.54) is 17.8 Å². The summed E-state index contributed by atoms with van der Waals surface area (Å²) in [5.74, 6) is -1.79. The SMILES string of the molecule is CCc1c(C)nc2n(c1=O)C(CC(=O)Nc1ccc(F)c(F)c1)CS2. The van der Waals surface area contributed by atoms with Gasteiger partial charge in [0.1, 0.15) is 0 Å². The highest BCUT2D eigenvalue weighted by Crippen LogP contribution is 2.32. The second kappa shape index (κ2) is 6.95. The molecule has 1 atom stereocenters. The molecule has 3 rings (SSSR count). The number of nitrogens with one attached hydrogen (secondary N) is 1. The van der Waals surface area contributed by atoms with Crippen LogP contribution in [0.5, 0.6) is 0 Å². The minimum Gasteiger partial charge on any atom is -0.326 e. The molecule has 0 saturated heterocycles. The van der Waals surface area contributed by atoms with Crippen molar-refractivity contribution in [1.29, 1.82) is 0 Å². The first kappa shape index (κ1) is 17.6. The fourth-order valence-electron chi connectivity index (χ4n) is 2.88. The monoisotopic (exact) mass is 365 g/mol. The molecule has 1 N–H and O–H groups in total. The second-order valence-corrected chi connectivity index (χ2v) is 6.82. The number of anilines is 1. The van der Waals surface area contributed by atoms with E-state index in [1.807, 2.05) is 13.8 Å². The number of carbonyl (C=O) groups is 1. The summed E-state index contributed by atoms with van der Waals surface area (Å²) in [7, 11) is 0. The Balaban J connectivity index is 1.78. The van der Waals surface area contributed by atoms with Crippen LogP contribution in [0, 0.1) is 18.6 Å². The minimum atomic E-state index is -1.02. The lowest BCUT2D eigenvalue weighted by Gasteiger charge is -2.15. The Morgan fingerprint density at radius 1 is 1.40 bits per heavy atom. The molecule has 8 heteroatoms. The van der Waals surface area contributed by atoms with Crippen LogP contribution in [0.1, 0.15) is 30.6 Å². The molecule has 1 aliphatic heterocycles. The zero-order valence-electron chi connectivity index (χ0n) is 13.8. The van der Waals surface area contributed by atoms with Crippen LogP contribution in [0.25, 0.3) is 0 Å². The molecule has 2 heterocycles. The van der Waals surface area contributed by atoms with Crippen molar-refractivity contribution in [1.82, 2.24) is 9.55 Å². The summed E-state index contributed by atoms with van der Waals surface area (Å²) in [6, 6.07) is 2.86. The quantitative estimate of drug-likeness (QED) is 0.846. The number of halogens is 2. The largest absolute Gasteiger partial charge is 0.326 e. The standard InChI is InChI=1S/C17H17F2N3O2S/c1-3-12-9(2)20-17-22(16(12)24)11(8-25-17)7-15(23)21-10-4-5-13(18)14(19)6-10/h4-6,11H,3,7-8H2,1-2H3,(H,21,23). The van der Waals surface area contributed by atoms with Crippen LogP contribution in [0.3, 0.4) is 0 Å². The number of thioether (sulfide) groups is 1. The average molecular weight is 365 g/mol. The van der Waals surface area contributed by atoms with E-state index < -0.39 is 11.6 Å². The van der Waals surface area contributed by atoms with Crippen LogP contribution in [-0.4, -0.2) is 21.2 Å². The molecule has 1 unspecified atom stereocenters. The number of carbonyl (C=O) groups excluding carboxylic acids is 1. The molecule has 0 fully saturated rings. The molecule has 2 aromatic rings. The van der Waals surface area contributed by atoms with Gasteiger partial charge in [-0.25, -0.2) is 13.8 Å². The van der Waals surface area contributed by atoms with E-state index in [2.05, 4.69) is 10.3 Å². The van der Waals surface area contributed by atoms with E-state index in [4.69, 9.17) is 0 Å². The topological polar surface area (TPSA) is 64.0 Å². The predicted octanol–water partition coefficient (Wildman–Crippen LogP) is 3.07. The number of amides is 1. The summed E-state index contributed by atoms with van der Waals surface area (Å²) < 4.78 is 27.7. The van der Waals surface area contributed by atoms with E-state index in [1.54, 1.807) is 4.57 Å². The second-order valence-electron chi connectivity index (χ2n) is 5.83. The first-order valence-electron chi connectivity index (χ1n) is 7.90. The van der Waals surface area contributed by atoms with E-state index >= 15 is 0 Å². The summed E-state index contributed by atoms with van der Waals surface area (Å²) in [5, 5.41) is 3.15. The molecule has 5 nitrogen and oxygen atoms in total. The van der Waals surface area contributed by atoms with Crippen LogP contribution >= 0.6 is 11.8 Å². The fraction of sp³-hybridized carbons (Fsp3) is 0.353. The highest BCUT2D eigenvalue weighted by molar-refractivity contribution is 7.99. The van der Waals surface area contributed by atoms with Gasteiger partial charge in [0.25, 0.3) is 5.56 Å². The Hall–Kier alpha value is -2.22. The number of aromatic nitrogens is 2. The maximum Gasteiger partial charge on any atom is 0.257 e. The van der Waals surface area contributed by atoms with Crippen molar-refractivity contribution in [3.05, 3.63) is 51.4 Å². The van der Waals surface area contributed by atoms with Crippen molar-refractivity contribution >= 4 is 23.4 Å². The maximum atomic E-state index is 13.2. The van der Waals surface area contributed by atoms with Gasteiger partial charge in [-0.2, -0.15) is 0 Å². The number of rotatable bonds is 4. The lowest BCUT2D eigenvalue weighted by Crippen LogP contribution is -2.30. The van der Waals surface area contributed by atoms with Crippen molar-refractivity contribution in [2.24, 2.45) is 0 Å². The zero-order chi connectivity index (χ0) is 18.1. The van der Waals surface area contributed by atoms with E-state index in [0.29, 0.717) is 22.9 Å². The van der Waals surface area contributed by atoms with Gasteiger partial charge in [-0.3, -0.25) is 14.2 Å². The smallest absolute Gasteiger partial charge is 0.257 e. The molecule has 0 saturated carbocycles. The first-order valence-corrected chi connectivity index (χ1v) is 8.89. The third-order valence-corrected chi connectivity index (χ3v) is 5.23. The molecule has 0 aliphatic carbocycles. The van der Waals surface area contributed by atoms with Gasteiger partial charge >= 0.3 is 0 Å². The summed E-state index contributed by atoms with van der Waals surface area (Å²) in [6.07, 6.45) is 0.642. The Kier molecular flexibility index (Phi) is 4.89. The molecule has 1 aromatic heterocycles. The van der Waals surface area contributed by atoms with Gasteiger partial charge in [-0.1, -0.05) is 18.7 Å². The summed E-state index contributed by atoms with van der Waals surface area (Å²) in [5.41, 5.74) is 1.44. The van der Waals surface area contributed by atoms with Gasteiger partial charge in [0.2, 0.25) is 5.91 Å². The third-order valence-electron chi connectivity index (χ3n) is 4.13. The highest BCUT2D eigenvalue weighted by atomic mass is 32.2. The van der Waals surface area contributed by atoms with Crippen molar-refractivity contribution in [3.8, 4) is 0 Å². The van der Waals surface area contributed by atoms with Crippen LogP contribution in [0.4, 0.5) is 14.5 Å². The van der Waals surface area contributed by atoms with Gasteiger partial charge in [-0.15, -0.1) is 0 Å². The number of aryl methyl sites for hydroxylation is 1. The van der Waals surface area contributed by atoms with Crippen LogP contribution in [-0.2, 0) is 11.2 Å². The number of benzene rings is 1. The molecule has 1 amide bonds. The minimum absolute atomic E-state index is 0.0623. The number of hydrogen-bond donors (Lipinski definition) is 1. The molecule has 132 valence electrons. The van der Waals surface area contributed by atoms with E-state index in [0.717, 1.165) is 17.8 Å². The number of nitrogens with zero attached hydrogens (tertiary/aromatic N) is 2. The van der Waals surface area contributed by atoms with E-state index in [9.17, 15) is 18.4 Å². The predicted molar refractivity (Wildman–Crippen MR) is 92.0 cm³/mol. The van der Waals surface area contributed by atoms with Crippen LogP contribution < -0.4 is 10.9 Å². The Morgan fingerprint density at radius 3 is 2.84 bits per heavy atom. The summed E-state index contributed by atoms with van der Waals surface area (Å²) in [6.45, 7) is 3.70. The molecule has 0 spiro atoms. The zero-order valence-corrected chi connectivity index (χ0v) is 14.6. The van der Waals surface area contributed by atoms with Gasteiger partial charge in [0.15, 0.2) is 16.8 Å². The Bertz CT molecular complexity index is 898. The lowest BCUT2D eigenvalue weighted by atomic mass is 10.1. The molecule has 1 aromatic carbocycles. The molecule has 1 aliphatic rings. The van der Waals surface area contributed by atoms with Gasteiger partial charge in [0.05, 0.1) is 6.04 Å². The Labute approximate surface area is 147 Å². The fourth-order valence-corrected chi connectivity index (χ4v) is 4.06. The van der Waals surface area contributed by atoms with Crippen molar-refractivity contribution in [2.45, 2.75) is 37.9 Å². The normalized spacial score (nSPS) is 15.9. The first-order chi connectivity index (χ1) is 11.9. The van der Waals surface area contributed by atoms with Gasteiger partial charge in [-0.05, 0) is 25.5 Å². The molecular weight excluding hydrogens is 348 g/mol. The lowest BCUT2D eigenvalue weighted by molar-refractivity contribution is -0.116. The van der Waals surface area contributed by atoms with Gasteiger partial charge < -0.3 is 5.32 Å². The van der Waals surface area contributed by atoms with E-state index in [-0.39, 0.29) is 29.6 Å². The summed E-state index contributed by atoms with van der Waals surface area (Å²) >= 11 is 1.44. The molecule has 0 radical (unpaired) electrons.